The number of carbonyl (C=O) groups excluding carboxylic acids is 1. The number of ether oxygens (including phenoxy) is 2. The number of carbonyl (C=O) groups is 1. The van der Waals surface area contributed by atoms with E-state index in [9.17, 15) is 4.79 Å². The molecule has 0 atom stereocenters. The fraction of sp³-hybridized carbons (Fsp3) is 0.471. The first-order valence-electron chi connectivity index (χ1n) is 7.49. The molecule has 1 rings (SSSR count). The summed E-state index contributed by atoms with van der Waals surface area (Å²) in [7, 11) is 1.64. The fourth-order valence-corrected chi connectivity index (χ4v) is 1.76. The van der Waals surface area contributed by atoms with Crippen molar-refractivity contribution in [1.82, 2.24) is 0 Å². The van der Waals surface area contributed by atoms with Gasteiger partial charge in [0, 0.05) is 12.6 Å². The highest BCUT2D eigenvalue weighted by atomic mass is 16.5. The number of benzene rings is 1. The van der Waals surface area contributed by atoms with Crippen LogP contribution < -0.4 is 4.74 Å². The molecule has 120 valence electrons. The van der Waals surface area contributed by atoms with Crippen LogP contribution in [0.2, 0.25) is 0 Å². The lowest BCUT2D eigenvalue weighted by Crippen LogP contribution is -2.06. The highest BCUT2D eigenvalue weighted by Crippen LogP contribution is 2.18. The van der Waals surface area contributed by atoms with Gasteiger partial charge in [0.05, 0.1) is 18.9 Å². The minimum absolute atomic E-state index is 0.311. The number of hydrogen-bond acceptors (Lipinski definition) is 5. The Morgan fingerprint density at radius 3 is 2.32 bits per heavy atom. The molecule has 0 aliphatic heterocycles. The van der Waals surface area contributed by atoms with Crippen LogP contribution in [0.3, 0.4) is 0 Å². The molecule has 0 N–H and O–H groups in total. The molecule has 0 saturated heterocycles. The van der Waals surface area contributed by atoms with Crippen molar-refractivity contribution in [2.45, 2.75) is 32.6 Å². The van der Waals surface area contributed by atoms with E-state index in [2.05, 4.69) is 16.8 Å². The number of azo groups is 1. The first-order chi connectivity index (χ1) is 10.6. The van der Waals surface area contributed by atoms with Crippen molar-refractivity contribution in [2.75, 3.05) is 20.3 Å². The van der Waals surface area contributed by atoms with Crippen LogP contribution in [-0.2, 0) is 9.53 Å². The molecule has 0 unspecified atom stereocenters. The summed E-state index contributed by atoms with van der Waals surface area (Å²) in [6.45, 7) is 6.33. The second-order valence-electron chi connectivity index (χ2n) is 4.97. The SMILES string of the molecule is C=C(C)C(=O)OCCCCCCOc1ccc(N=NC)cc1. The molecule has 0 spiro atoms. The summed E-state index contributed by atoms with van der Waals surface area (Å²) in [4.78, 5) is 11.1. The minimum Gasteiger partial charge on any atom is -0.494 e. The number of unbranched alkanes of at least 4 members (excludes halogenated alkanes) is 3. The highest BCUT2D eigenvalue weighted by molar-refractivity contribution is 5.86. The normalized spacial score (nSPS) is 10.6. The number of esters is 1. The van der Waals surface area contributed by atoms with E-state index in [1.807, 2.05) is 24.3 Å². The van der Waals surface area contributed by atoms with E-state index < -0.39 is 0 Å². The van der Waals surface area contributed by atoms with Gasteiger partial charge >= 0.3 is 5.97 Å². The Kier molecular flexibility index (Phi) is 8.57. The average molecular weight is 304 g/mol. The molecule has 0 heterocycles. The Morgan fingerprint density at radius 1 is 1.09 bits per heavy atom. The predicted molar refractivity (Wildman–Crippen MR) is 86.6 cm³/mol. The van der Waals surface area contributed by atoms with Gasteiger partial charge in [-0.25, -0.2) is 4.79 Å². The largest absolute Gasteiger partial charge is 0.494 e. The molecule has 0 aromatic heterocycles. The lowest BCUT2D eigenvalue weighted by atomic mass is 10.2. The maximum Gasteiger partial charge on any atom is 0.333 e. The van der Waals surface area contributed by atoms with Crippen LogP contribution in [0.25, 0.3) is 0 Å². The first-order valence-corrected chi connectivity index (χ1v) is 7.49. The van der Waals surface area contributed by atoms with Gasteiger partial charge in [0.1, 0.15) is 5.75 Å². The van der Waals surface area contributed by atoms with Crippen LogP contribution in [0.4, 0.5) is 5.69 Å². The molecule has 5 heteroatoms. The standard InChI is InChI=1S/C17H24N2O3/c1-14(2)17(20)22-13-7-5-4-6-12-21-16-10-8-15(9-11-16)19-18-3/h8-11H,1,4-7,12-13H2,2-3H3. The van der Waals surface area contributed by atoms with Crippen LogP contribution in [0.1, 0.15) is 32.6 Å². The Bertz CT molecular complexity index is 495. The molecule has 1 aromatic carbocycles. The zero-order valence-corrected chi connectivity index (χ0v) is 13.4. The Morgan fingerprint density at radius 2 is 1.73 bits per heavy atom. The summed E-state index contributed by atoms with van der Waals surface area (Å²) >= 11 is 0. The molecule has 22 heavy (non-hydrogen) atoms. The van der Waals surface area contributed by atoms with E-state index in [-0.39, 0.29) is 5.97 Å². The molecule has 0 bridgehead atoms. The summed E-state index contributed by atoms with van der Waals surface area (Å²) in [6, 6.07) is 7.53. The summed E-state index contributed by atoms with van der Waals surface area (Å²) in [5.74, 6) is 0.528. The molecule has 0 radical (unpaired) electrons. The minimum atomic E-state index is -0.311. The second kappa shape index (κ2) is 10.5. The predicted octanol–water partition coefficient (Wildman–Crippen LogP) is 4.46. The van der Waals surface area contributed by atoms with Gasteiger partial charge in [-0.2, -0.15) is 10.2 Å². The van der Waals surface area contributed by atoms with Gasteiger partial charge in [0.25, 0.3) is 0 Å². The van der Waals surface area contributed by atoms with Crippen molar-refractivity contribution in [2.24, 2.45) is 10.2 Å². The molecule has 0 fully saturated rings. The van der Waals surface area contributed by atoms with E-state index in [0.29, 0.717) is 18.8 Å². The van der Waals surface area contributed by atoms with E-state index in [0.717, 1.165) is 37.1 Å². The number of nitrogens with zero attached hydrogens (tertiary/aromatic N) is 2. The van der Waals surface area contributed by atoms with Crippen LogP contribution in [0, 0.1) is 0 Å². The van der Waals surface area contributed by atoms with Crippen LogP contribution in [0.15, 0.2) is 46.6 Å². The van der Waals surface area contributed by atoms with Gasteiger partial charge in [-0.3, -0.25) is 0 Å². The van der Waals surface area contributed by atoms with Crippen LogP contribution >= 0.6 is 0 Å². The number of rotatable bonds is 10. The lowest BCUT2D eigenvalue weighted by Gasteiger charge is -2.06. The molecular weight excluding hydrogens is 280 g/mol. The molecule has 5 nitrogen and oxygen atoms in total. The average Bonchev–Trinajstić information content (AvgIpc) is 2.51. The van der Waals surface area contributed by atoms with Crippen LogP contribution in [0.5, 0.6) is 5.75 Å². The number of hydrogen-bond donors (Lipinski definition) is 0. The van der Waals surface area contributed by atoms with Crippen molar-refractivity contribution < 1.29 is 14.3 Å². The quantitative estimate of drug-likeness (QED) is 0.277. The zero-order chi connectivity index (χ0) is 16.2. The van der Waals surface area contributed by atoms with Gasteiger partial charge in [-0.15, -0.1) is 0 Å². The van der Waals surface area contributed by atoms with Crippen molar-refractivity contribution in [3.05, 3.63) is 36.4 Å². The Hall–Kier alpha value is -2.17. The van der Waals surface area contributed by atoms with E-state index >= 15 is 0 Å². The molecule has 1 aromatic rings. The van der Waals surface area contributed by atoms with E-state index in [1.165, 1.54) is 0 Å². The van der Waals surface area contributed by atoms with E-state index in [1.54, 1.807) is 14.0 Å². The third-order valence-corrected chi connectivity index (χ3v) is 2.94. The van der Waals surface area contributed by atoms with Crippen LogP contribution in [-0.4, -0.2) is 26.2 Å². The molecule has 0 saturated carbocycles. The Labute approximate surface area is 132 Å². The summed E-state index contributed by atoms with van der Waals surface area (Å²) in [5, 5.41) is 7.65. The summed E-state index contributed by atoms with van der Waals surface area (Å²) in [6.07, 6.45) is 3.91. The third-order valence-electron chi connectivity index (χ3n) is 2.94. The topological polar surface area (TPSA) is 60.2 Å². The molecular formula is C17H24N2O3. The molecule has 0 amide bonds. The maximum absolute atomic E-state index is 11.1. The van der Waals surface area contributed by atoms with Gasteiger partial charge in [-0.05, 0) is 56.9 Å². The highest BCUT2D eigenvalue weighted by Gasteiger charge is 2.01. The Balaban J connectivity index is 2.03. The fourth-order valence-electron chi connectivity index (χ4n) is 1.76. The van der Waals surface area contributed by atoms with Crippen molar-refractivity contribution in [1.29, 1.82) is 0 Å². The monoisotopic (exact) mass is 304 g/mol. The lowest BCUT2D eigenvalue weighted by molar-refractivity contribution is -0.139. The van der Waals surface area contributed by atoms with Crippen molar-refractivity contribution in [3.8, 4) is 5.75 Å². The first kappa shape index (κ1) is 17.9. The van der Waals surface area contributed by atoms with Crippen molar-refractivity contribution >= 4 is 11.7 Å². The van der Waals surface area contributed by atoms with Gasteiger partial charge in [0.15, 0.2) is 0 Å². The third kappa shape index (κ3) is 7.57. The summed E-state index contributed by atoms with van der Waals surface area (Å²) in [5.41, 5.74) is 1.26. The second-order valence-corrected chi connectivity index (χ2v) is 4.97. The zero-order valence-electron chi connectivity index (χ0n) is 13.4. The smallest absolute Gasteiger partial charge is 0.333 e. The molecule has 0 aliphatic carbocycles. The van der Waals surface area contributed by atoms with E-state index in [4.69, 9.17) is 9.47 Å². The van der Waals surface area contributed by atoms with Crippen molar-refractivity contribution in [3.63, 3.8) is 0 Å². The van der Waals surface area contributed by atoms with Gasteiger partial charge < -0.3 is 9.47 Å². The summed E-state index contributed by atoms with van der Waals surface area (Å²) < 4.78 is 10.7. The molecule has 0 aliphatic rings. The van der Waals surface area contributed by atoms with Gasteiger partial charge in [0.2, 0.25) is 0 Å². The van der Waals surface area contributed by atoms with Gasteiger partial charge in [-0.1, -0.05) is 6.58 Å². The maximum atomic E-state index is 11.1.